The Hall–Kier alpha value is -0.810. The molecule has 9 heteroatoms. The lowest BCUT2D eigenvalue weighted by Crippen LogP contribution is -2.70. The second-order valence-electron chi connectivity index (χ2n) is 18.8. The van der Waals surface area contributed by atoms with Gasteiger partial charge in [0.25, 0.3) is 0 Å². The van der Waals surface area contributed by atoms with Gasteiger partial charge in [0.1, 0.15) is 0 Å². The van der Waals surface area contributed by atoms with E-state index in [2.05, 4.69) is 34.6 Å². The minimum atomic E-state index is -0.819. The average Bonchev–Trinajstić information content (AvgIpc) is 3.24. The minimum absolute atomic E-state index is 0.0329. The lowest BCUT2D eigenvalue weighted by atomic mass is 9.43. The highest BCUT2D eigenvalue weighted by atomic mass is 17.3. The molecule has 0 amide bonds. The van der Waals surface area contributed by atoms with Gasteiger partial charge in [0.2, 0.25) is 5.79 Å². The van der Waals surface area contributed by atoms with Gasteiger partial charge in [-0.15, -0.1) is 0 Å². The standard InChI is InChI=1S/C39H62O9/c1-20(8-12-30(40)41)24-10-11-27-31-28(14-17-36(24,27)4)37(5)16-13-23(19-29(37)32(42)33(31)43)44-34-22(3)26-9-7-21(2)25-15-18-38(6)46-35(45-34)39(25,26)48-47-38/h20-29,31-35,42-43H,7-19H2,1-6H3,(H,40,41)/t20-,21-,22-,23-,24-,25?,26?,27?,28?,29?,31?,32-,33?,34?,35?,36-,37-,38+,39-/m1/s1. The number of carboxylic acids is 1. The Morgan fingerprint density at radius 2 is 1.54 bits per heavy atom. The molecule has 9 unspecified atom stereocenters. The molecule has 9 rings (SSSR count). The van der Waals surface area contributed by atoms with E-state index >= 15 is 0 Å². The van der Waals surface area contributed by atoms with Crippen molar-refractivity contribution in [2.45, 2.75) is 167 Å². The van der Waals surface area contributed by atoms with Crippen molar-refractivity contribution < 1.29 is 44.1 Å². The maximum absolute atomic E-state index is 12.0. The van der Waals surface area contributed by atoms with E-state index < -0.39 is 42.1 Å². The minimum Gasteiger partial charge on any atom is -0.481 e. The molecule has 4 saturated heterocycles. The van der Waals surface area contributed by atoms with Crippen LogP contribution in [0.4, 0.5) is 0 Å². The number of aliphatic hydroxyl groups excluding tert-OH is 2. The molecule has 9 fully saturated rings. The van der Waals surface area contributed by atoms with Crippen LogP contribution in [0.15, 0.2) is 0 Å². The molecule has 0 aromatic carbocycles. The first-order valence-electron chi connectivity index (χ1n) is 19.7. The summed E-state index contributed by atoms with van der Waals surface area (Å²) in [6.07, 6.45) is 9.29. The van der Waals surface area contributed by atoms with Gasteiger partial charge >= 0.3 is 5.97 Å². The third-order valence-electron chi connectivity index (χ3n) is 16.7. The van der Waals surface area contributed by atoms with Gasteiger partial charge in [0, 0.05) is 24.7 Å². The number of hydrogen-bond acceptors (Lipinski definition) is 8. The van der Waals surface area contributed by atoms with E-state index in [0.29, 0.717) is 41.9 Å². The van der Waals surface area contributed by atoms with E-state index in [0.717, 1.165) is 70.6 Å². The maximum atomic E-state index is 12.0. The Balaban J connectivity index is 0.981. The zero-order valence-corrected chi connectivity index (χ0v) is 30.1. The molecule has 9 aliphatic rings. The van der Waals surface area contributed by atoms with Crippen molar-refractivity contribution in [3.05, 3.63) is 0 Å². The molecule has 5 saturated carbocycles. The SMILES string of the molecule is C[C@H]1C(O[C@@H]2CC[C@]3(C)C4CC[C@@]5(C)C(CC[C@@H]5[C@H](C)CCC(=O)O)C4C(O)[C@H](O)C3C2)OC2O[C@]3(C)CCC4[C@H](C)CCC1[C@@]24OO3. The fourth-order valence-corrected chi connectivity index (χ4v) is 14.1. The van der Waals surface area contributed by atoms with E-state index in [4.69, 9.17) is 24.0 Å². The van der Waals surface area contributed by atoms with Crippen LogP contribution in [-0.2, 0) is 28.8 Å². The molecule has 0 aromatic rings. The van der Waals surface area contributed by atoms with Gasteiger partial charge in [-0.2, -0.15) is 0 Å². The van der Waals surface area contributed by atoms with Crippen molar-refractivity contribution in [1.82, 2.24) is 0 Å². The number of aliphatic hydroxyl groups is 2. The number of ether oxygens (including phenoxy) is 3. The molecule has 48 heavy (non-hydrogen) atoms. The molecule has 2 bridgehead atoms. The predicted octanol–water partition coefficient (Wildman–Crippen LogP) is 6.68. The summed E-state index contributed by atoms with van der Waals surface area (Å²) in [7, 11) is 0. The first kappa shape index (κ1) is 34.3. The molecule has 4 aliphatic heterocycles. The highest BCUT2D eigenvalue weighted by Crippen LogP contribution is 2.69. The van der Waals surface area contributed by atoms with Crippen molar-refractivity contribution in [3.63, 3.8) is 0 Å². The molecule has 3 N–H and O–H groups in total. The fraction of sp³-hybridized carbons (Fsp3) is 0.974. The van der Waals surface area contributed by atoms with Gasteiger partial charge in [0.15, 0.2) is 18.2 Å². The number of fused-ring (bicyclic) bond motifs is 7. The van der Waals surface area contributed by atoms with Crippen molar-refractivity contribution in [2.24, 2.45) is 70.0 Å². The highest BCUT2D eigenvalue weighted by molar-refractivity contribution is 5.66. The topological polar surface area (TPSA) is 124 Å². The lowest BCUT2D eigenvalue weighted by molar-refractivity contribution is -0.578. The number of carbonyl (C=O) groups is 1. The summed E-state index contributed by atoms with van der Waals surface area (Å²) >= 11 is 0. The normalized spacial score (nSPS) is 57.8. The third kappa shape index (κ3) is 4.90. The van der Waals surface area contributed by atoms with Crippen molar-refractivity contribution in [2.75, 3.05) is 0 Å². The Morgan fingerprint density at radius 1 is 0.833 bits per heavy atom. The number of aliphatic carboxylic acids is 1. The Kier molecular flexibility index (Phi) is 8.47. The first-order valence-corrected chi connectivity index (χ1v) is 19.7. The smallest absolute Gasteiger partial charge is 0.303 e. The number of carboxylic acid groups (broad SMARTS) is 1. The number of rotatable bonds is 6. The summed E-state index contributed by atoms with van der Waals surface area (Å²) in [5.41, 5.74) is -0.591. The molecule has 0 radical (unpaired) electrons. The molecular weight excluding hydrogens is 612 g/mol. The second-order valence-corrected chi connectivity index (χ2v) is 18.8. The average molecular weight is 675 g/mol. The third-order valence-corrected chi connectivity index (χ3v) is 16.7. The molecule has 9 nitrogen and oxygen atoms in total. The summed E-state index contributed by atoms with van der Waals surface area (Å²) < 4.78 is 20.3. The van der Waals surface area contributed by atoms with Crippen LogP contribution in [0.3, 0.4) is 0 Å². The van der Waals surface area contributed by atoms with Gasteiger partial charge in [-0.05, 0) is 136 Å². The maximum Gasteiger partial charge on any atom is 0.303 e. The van der Waals surface area contributed by atoms with Crippen LogP contribution in [-0.4, -0.2) is 63.6 Å². The van der Waals surface area contributed by atoms with Crippen LogP contribution < -0.4 is 0 Å². The van der Waals surface area contributed by atoms with E-state index in [1.54, 1.807) is 0 Å². The largest absolute Gasteiger partial charge is 0.481 e. The first-order chi connectivity index (χ1) is 22.7. The molecular formula is C39H62O9. The van der Waals surface area contributed by atoms with Crippen LogP contribution in [0.25, 0.3) is 0 Å². The second kappa shape index (κ2) is 11.9. The van der Waals surface area contributed by atoms with E-state index in [-0.39, 0.29) is 47.0 Å². The monoisotopic (exact) mass is 674 g/mol. The summed E-state index contributed by atoms with van der Waals surface area (Å²) in [6.45, 7) is 13.6. The van der Waals surface area contributed by atoms with Crippen LogP contribution in [0.2, 0.25) is 0 Å². The summed E-state index contributed by atoms with van der Waals surface area (Å²) in [5.74, 6) is 1.19. The molecule has 272 valence electrons. The summed E-state index contributed by atoms with van der Waals surface area (Å²) in [4.78, 5) is 23.7. The fourth-order valence-electron chi connectivity index (χ4n) is 14.1. The Bertz CT molecular complexity index is 1250. The van der Waals surface area contributed by atoms with E-state index in [1.165, 1.54) is 0 Å². The van der Waals surface area contributed by atoms with Crippen molar-refractivity contribution in [1.29, 1.82) is 0 Å². The van der Waals surface area contributed by atoms with Gasteiger partial charge in [-0.1, -0.05) is 34.6 Å². The highest BCUT2D eigenvalue weighted by Gasteiger charge is 2.70. The molecule has 4 heterocycles. The van der Waals surface area contributed by atoms with Crippen LogP contribution >= 0.6 is 0 Å². The molecule has 0 aromatic heterocycles. The quantitative estimate of drug-likeness (QED) is 0.209. The van der Waals surface area contributed by atoms with Gasteiger partial charge in [0.05, 0.1) is 18.3 Å². The molecule has 19 atom stereocenters. The summed E-state index contributed by atoms with van der Waals surface area (Å²) in [6, 6.07) is 0. The van der Waals surface area contributed by atoms with Crippen LogP contribution in [0.1, 0.15) is 125 Å². The lowest BCUT2D eigenvalue weighted by Gasteiger charge is -2.64. The zero-order valence-electron chi connectivity index (χ0n) is 30.1. The number of hydrogen-bond donors (Lipinski definition) is 3. The summed E-state index contributed by atoms with van der Waals surface area (Å²) in [5, 5.41) is 33.2. The molecule has 1 spiro atoms. The van der Waals surface area contributed by atoms with Crippen LogP contribution in [0.5, 0.6) is 0 Å². The predicted molar refractivity (Wildman–Crippen MR) is 176 cm³/mol. The van der Waals surface area contributed by atoms with E-state index in [9.17, 15) is 20.1 Å². The van der Waals surface area contributed by atoms with Crippen molar-refractivity contribution in [3.8, 4) is 0 Å². The van der Waals surface area contributed by atoms with Crippen LogP contribution in [0, 0.1) is 70.0 Å². The van der Waals surface area contributed by atoms with Gasteiger partial charge < -0.3 is 29.5 Å². The zero-order chi connectivity index (χ0) is 34.0. The van der Waals surface area contributed by atoms with E-state index in [1.807, 2.05) is 6.92 Å². The van der Waals surface area contributed by atoms with Gasteiger partial charge in [-0.25, -0.2) is 9.78 Å². The molecule has 5 aliphatic carbocycles. The Morgan fingerprint density at radius 3 is 2.31 bits per heavy atom. The van der Waals surface area contributed by atoms with Crippen molar-refractivity contribution >= 4 is 5.97 Å². The Labute approximate surface area is 287 Å². The van der Waals surface area contributed by atoms with Gasteiger partial charge in [-0.3, -0.25) is 4.79 Å².